The van der Waals surface area contributed by atoms with E-state index < -0.39 is 5.41 Å². The first-order valence-corrected chi connectivity index (χ1v) is 9.24. The van der Waals surface area contributed by atoms with Crippen LogP contribution in [0, 0.1) is 39.9 Å². The Balaban J connectivity index is 1.97. The molecule has 3 atom stereocenters. The van der Waals surface area contributed by atoms with Gasteiger partial charge in [-0.3, -0.25) is 0 Å². The van der Waals surface area contributed by atoms with Gasteiger partial charge in [0.15, 0.2) is 5.41 Å². The van der Waals surface area contributed by atoms with Crippen LogP contribution in [0.25, 0.3) is 0 Å². The Kier molecular flexibility index (Phi) is 4.77. The van der Waals surface area contributed by atoms with Gasteiger partial charge in [-0.05, 0) is 55.9 Å². The van der Waals surface area contributed by atoms with Gasteiger partial charge in [-0.15, -0.1) is 0 Å². The minimum atomic E-state index is -0.870. The zero-order chi connectivity index (χ0) is 17.2. The molecule has 0 amide bonds. The second kappa shape index (κ2) is 6.82. The largest absolute Gasteiger partial charge is 0.197 e. The molecule has 2 nitrogen and oxygen atoms in total. The number of benzene rings is 1. The number of fused-ring (bicyclic) bond motifs is 1. The first-order valence-electron chi connectivity index (χ1n) is 9.24. The Labute approximate surface area is 145 Å². The van der Waals surface area contributed by atoms with Crippen molar-refractivity contribution in [1.82, 2.24) is 0 Å². The monoisotopic (exact) mass is 318 g/mol. The highest BCUT2D eigenvalue weighted by Gasteiger charge is 2.50. The third kappa shape index (κ3) is 2.76. The number of rotatable bonds is 3. The maximum atomic E-state index is 9.90. The van der Waals surface area contributed by atoms with Gasteiger partial charge < -0.3 is 0 Å². The Morgan fingerprint density at radius 1 is 0.958 bits per heavy atom. The van der Waals surface area contributed by atoms with Crippen molar-refractivity contribution >= 4 is 0 Å². The maximum Gasteiger partial charge on any atom is 0.150 e. The van der Waals surface area contributed by atoms with E-state index in [0.717, 1.165) is 37.7 Å². The van der Waals surface area contributed by atoms with Crippen molar-refractivity contribution in [3.63, 3.8) is 0 Å². The third-order valence-electron chi connectivity index (χ3n) is 6.36. The van der Waals surface area contributed by atoms with E-state index in [-0.39, 0.29) is 5.92 Å². The molecule has 0 radical (unpaired) electrons. The number of hydrogen-bond acceptors (Lipinski definition) is 2. The summed E-state index contributed by atoms with van der Waals surface area (Å²) in [5, 5.41) is 19.8. The molecule has 1 fully saturated rings. The second-order valence-corrected chi connectivity index (χ2v) is 7.44. The quantitative estimate of drug-likeness (QED) is 0.667. The minimum absolute atomic E-state index is 0.0382. The van der Waals surface area contributed by atoms with Crippen molar-refractivity contribution in [2.24, 2.45) is 17.3 Å². The molecule has 0 heterocycles. The maximum absolute atomic E-state index is 9.90. The van der Waals surface area contributed by atoms with Gasteiger partial charge in [0.1, 0.15) is 0 Å². The molecular formula is C22H26N2. The van der Waals surface area contributed by atoms with E-state index >= 15 is 0 Å². The molecule has 2 aliphatic rings. The fourth-order valence-corrected chi connectivity index (χ4v) is 5.00. The van der Waals surface area contributed by atoms with Gasteiger partial charge in [-0.1, -0.05) is 55.3 Å². The molecule has 0 spiro atoms. The summed E-state index contributed by atoms with van der Waals surface area (Å²) in [4.78, 5) is 0. The molecule has 24 heavy (non-hydrogen) atoms. The van der Waals surface area contributed by atoms with E-state index in [1.807, 2.05) is 18.2 Å². The standard InChI is InChI=1S/C22H26N2/c1-3-16-10-19-12-21(18-8-6-5-7-9-18)22(14-23,15-24)13-20(19)11-17(16)4-2/h5-9,19-21H,3-4,10-13H2,1-2H3/t19-,20+,21+/m1/s1. The predicted molar refractivity (Wildman–Crippen MR) is 95.9 cm³/mol. The Morgan fingerprint density at radius 3 is 2.08 bits per heavy atom. The normalized spacial score (nSPS) is 28.6. The summed E-state index contributed by atoms with van der Waals surface area (Å²) >= 11 is 0. The lowest BCUT2D eigenvalue weighted by Crippen LogP contribution is -2.40. The molecule has 124 valence electrons. The molecule has 0 aliphatic heterocycles. The summed E-state index contributed by atoms with van der Waals surface area (Å²) < 4.78 is 0. The Bertz CT molecular complexity index is 688. The molecule has 3 rings (SSSR count). The summed E-state index contributed by atoms with van der Waals surface area (Å²) in [5.74, 6) is 1.15. The number of nitrogens with zero attached hydrogens (tertiary/aromatic N) is 2. The number of allylic oxidation sites excluding steroid dienone is 2. The van der Waals surface area contributed by atoms with Gasteiger partial charge in [0.05, 0.1) is 12.1 Å². The van der Waals surface area contributed by atoms with Crippen LogP contribution in [0.5, 0.6) is 0 Å². The van der Waals surface area contributed by atoms with Crippen molar-refractivity contribution < 1.29 is 0 Å². The van der Waals surface area contributed by atoms with E-state index in [1.165, 1.54) is 6.42 Å². The van der Waals surface area contributed by atoms with E-state index in [2.05, 4.69) is 38.1 Å². The first kappa shape index (κ1) is 16.8. The van der Waals surface area contributed by atoms with E-state index in [4.69, 9.17) is 0 Å². The zero-order valence-electron chi connectivity index (χ0n) is 14.8. The lowest BCUT2D eigenvalue weighted by molar-refractivity contribution is 0.130. The van der Waals surface area contributed by atoms with Gasteiger partial charge in [-0.25, -0.2) is 0 Å². The predicted octanol–water partition coefficient (Wildman–Crippen LogP) is 5.74. The molecule has 1 aromatic rings. The molecular weight excluding hydrogens is 292 g/mol. The summed E-state index contributed by atoms with van der Waals surface area (Å²) in [6, 6.07) is 15.1. The summed E-state index contributed by atoms with van der Waals surface area (Å²) in [6.07, 6.45) is 6.21. The number of nitriles is 2. The fraction of sp³-hybridized carbons (Fsp3) is 0.545. The smallest absolute Gasteiger partial charge is 0.150 e. The van der Waals surface area contributed by atoms with Crippen molar-refractivity contribution in [3.05, 3.63) is 47.0 Å². The van der Waals surface area contributed by atoms with Crippen LogP contribution in [0.1, 0.15) is 63.9 Å². The van der Waals surface area contributed by atoms with E-state index in [0.29, 0.717) is 11.8 Å². The summed E-state index contributed by atoms with van der Waals surface area (Å²) in [7, 11) is 0. The van der Waals surface area contributed by atoms with Crippen LogP contribution >= 0.6 is 0 Å². The van der Waals surface area contributed by atoms with Crippen molar-refractivity contribution in [3.8, 4) is 12.1 Å². The van der Waals surface area contributed by atoms with Gasteiger partial charge in [0, 0.05) is 5.92 Å². The van der Waals surface area contributed by atoms with Gasteiger partial charge >= 0.3 is 0 Å². The van der Waals surface area contributed by atoms with Crippen molar-refractivity contribution in [2.75, 3.05) is 0 Å². The van der Waals surface area contributed by atoms with Crippen LogP contribution in [0.3, 0.4) is 0 Å². The van der Waals surface area contributed by atoms with Crippen LogP contribution < -0.4 is 0 Å². The van der Waals surface area contributed by atoms with Crippen LogP contribution in [0.4, 0.5) is 0 Å². The zero-order valence-corrected chi connectivity index (χ0v) is 14.8. The third-order valence-corrected chi connectivity index (χ3v) is 6.36. The molecule has 0 aromatic heterocycles. The van der Waals surface area contributed by atoms with Crippen LogP contribution in [0.15, 0.2) is 41.5 Å². The fourth-order valence-electron chi connectivity index (χ4n) is 5.00. The lowest BCUT2D eigenvalue weighted by Gasteiger charge is -2.46. The highest BCUT2D eigenvalue weighted by atomic mass is 14.5. The molecule has 0 saturated heterocycles. The molecule has 1 saturated carbocycles. The van der Waals surface area contributed by atoms with Crippen molar-refractivity contribution in [1.29, 1.82) is 10.5 Å². The Morgan fingerprint density at radius 2 is 1.54 bits per heavy atom. The average Bonchev–Trinajstić information content (AvgIpc) is 2.66. The van der Waals surface area contributed by atoms with Crippen molar-refractivity contribution in [2.45, 2.75) is 58.3 Å². The van der Waals surface area contributed by atoms with E-state index in [9.17, 15) is 10.5 Å². The molecule has 0 bridgehead atoms. The minimum Gasteiger partial charge on any atom is -0.197 e. The summed E-state index contributed by atoms with van der Waals surface area (Å²) in [5.41, 5.74) is 3.50. The van der Waals surface area contributed by atoms with Gasteiger partial charge in [-0.2, -0.15) is 10.5 Å². The Hall–Kier alpha value is -2.06. The van der Waals surface area contributed by atoms with Crippen LogP contribution in [-0.4, -0.2) is 0 Å². The molecule has 2 aliphatic carbocycles. The summed E-state index contributed by atoms with van der Waals surface area (Å²) in [6.45, 7) is 4.50. The molecule has 0 N–H and O–H groups in total. The van der Waals surface area contributed by atoms with Gasteiger partial charge in [0.2, 0.25) is 0 Å². The highest BCUT2D eigenvalue weighted by molar-refractivity contribution is 5.34. The SMILES string of the molecule is CCC1=C(CC)C[C@H]2CC(C#N)(C#N)[C@H](c3ccccc3)C[C@H]2C1. The molecule has 1 aromatic carbocycles. The lowest BCUT2D eigenvalue weighted by atomic mass is 9.55. The van der Waals surface area contributed by atoms with E-state index in [1.54, 1.807) is 11.1 Å². The number of hydrogen-bond donors (Lipinski definition) is 0. The first-order chi connectivity index (χ1) is 11.7. The highest BCUT2D eigenvalue weighted by Crippen LogP contribution is 2.56. The van der Waals surface area contributed by atoms with Crippen LogP contribution in [0.2, 0.25) is 0 Å². The topological polar surface area (TPSA) is 47.6 Å². The molecule has 2 heteroatoms. The average molecular weight is 318 g/mol. The molecule has 0 unspecified atom stereocenters. The van der Waals surface area contributed by atoms with Gasteiger partial charge in [0.25, 0.3) is 0 Å². The van der Waals surface area contributed by atoms with Crippen LogP contribution in [-0.2, 0) is 0 Å². The second-order valence-electron chi connectivity index (χ2n) is 7.44.